The Labute approximate surface area is 85.0 Å². The lowest BCUT2D eigenvalue weighted by atomic mass is 10.1. The molecule has 0 aliphatic carbocycles. The van der Waals surface area contributed by atoms with E-state index >= 15 is 0 Å². The molecule has 0 radical (unpaired) electrons. The molecule has 0 saturated heterocycles. The zero-order valence-corrected chi connectivity index (χ0v) is 8.75. The molecule has 0 aromatic heterocycles. The van der Waals surface area contributed by atoms with Gasteiger partial charge in [-0.1, -0.05) is 12.2 Å². The Morgan fingerprint density at radius 1 is 1.07 bits per heavy atom. The minimum atomic E-state index is 0.886. The first-order chi connectivity index (χ1) is 6.68. The molecule has 0 unspecified atom stereocenters. The number of nitrogen functional groups attached to an aromatic ring is 1. The number of anilines is 2. The molecule has 0 amide bonds. The van der Waals surface area contributed by atoms with Crippen molar-refractivity contribution in [2.75, 3.05) is 23.7 Å². The van der Waals surface area contributed by atoms with E-state index in [9.17, 15) is 0 Å². The van der Waals surface area contributed by atoms with Crippen molar-refractivity contribution in [3.63, 3.8) is 0 Å². The monoisotopic (exact) mass is 188 g/mol. The summed E-state index contributed by atoms with van der Waals surface area (Å²) in [6.45, 7) is 6.18. The first kappa shape index (κ1) is 9.13. The summed E-state index contributed by atoms with van der Waals surface area (Å²) in [6, 6.07) is 4.24. The van der Waals surface area contributed by atoms with Crippen molar-refractivity contribution in [3.05, 3.63) is 35.4 Å². The molecule has 2 heteroatoms. The molecule has 0 fully saturated rings. The fraction of sp³-hybridized carbons (Fsp3) is 0.333. The maximum atomic E-state index is 6.00. The Balaban J connectivity index is 2.38. The molecule has 0 atom stereocenters. The van der Waals surface area contributed by atoms with Crippen LogP contribution in [0.15, 0.2) is 24.3 Å². The smallest absolute Gasteiger partial charge is 0.0608 e. The van der Waals surface area contributed by atoms with Crippen LogP contribution in [0.2, 0.25) is 0 Å². The molecular formula is C12H16N2. The average molecular weight is 188 g/mol. The van der Waals surface area contributed by atoms with Gasteiger partial charge in [-0.15, -0.1) is 0 Å². The second kappa shape index (κ2) is 3.37. The molecule has 2 rings (SSSR count). The van der Waals surface area contributed by atoms with Crippen LogP contribution in [0.25, 0.3) is 0 Å². The number of hydrogen-bond acceptors (Lipinski definition) is 2. The van der Waals surface area contributed by atoms with Crippen molar-refractivity contribution in [3.8, 4) is 0 Å². The second-order valence-corrected chi connectivity index (χ2v) is 3.87. The Hall–Kier alpha value is -1.44. The van der Waals surface area contributed by atoms with Gasteiger partial charge in [-0.2, -0.15) is 0 Å². The van der Waals surface area contributed by atoms with Crippen LogP contribution in [0.3, 0.4) is 0 Å². The van der Waals surface area contributed by atoms with Gasteiger partial charge in [-0.05, 0) is 37.1 Å². The number of rotatable bonds is 1. The van der Waals surface area contributed by atoms with E-state index in [0.29, 0.717) is 0 Å². The first-order valence-electron chi connectivity index (χ1n) is 4.95. The summed E-state index contributed by atoms with van der Waals surface area (Å²) in [4.78, 5) is 2.28. The van der Waals surface area contributed by atoms with Crippen molar-refractivity contribution < 1.29 is 0 Å². The van der Waals surface area contributed by atoms with Gasteiger partial charge >= 0.3 is 0 Å². The van der Waals surface area contributed by atoms with Gasteiger partial charge in [0.05, 0.1) is 11.4 Å². The van der Waals surface area contributed by atoms with Crippen LogP contribution in [0.4, 0.5) is 11.4 Å². The summed E-state index contributed by atoms with van der Waals surface area (Å²) in [7, 11) is 0. The fourth-order valence-corrected chi connectivity index (χ4v) is 1.77. The Kier molecular flexibility index (Phi) is 2.20. The summed E-state index contributed by atoms with van der Waals surface area (Å²) in [5.41, 5.74) is 10.6. The Morgan fingerprint density at radius 2 is 1.64 bits per heavy atom. The molecule has 2 nitrogen and oxygen atoms in total. The number of hydrogen-bond donors (Lipinski definition) is 1. The molecule has 0 spiro atoms. The molecule has 1 heterocycles. The van der Waals surface area contributed by atoms with Crippen molar-refractivity contribution in [1.82, 2.24) is 0 Å². The van der Waals surface area contributed by atoms with Crippen LogP contribution >= 0.6 is 0 Å². The fourth-order valence-electron chi connectivity index (χ4n) is 1.77. The van der Waals surface area contributed by atoms with Crippen molar-refractivity contribution >= 4 is 11.4 Å². The number of benzene rings is 1. The molecule has 0 saturated carbocycles. The van der Waals surface area contributed by atoms with E-state index < -0.39 is 0 Å². The van der Waals surface area contributed by atoms with Crippen LogP contribution in [0, 0.1) is 13.8 Å². The van der Waals surface area contributed by atoms with E-state index in [2.05, 4.69) is 43.0 Å². The van der Waals surface area contributed by atoms with Crippen LogP contribution < -0.4 is 10.6 Å². The topological polar surface area (TPSA) is 29.3 Å². The molecule has 1 aromatic rings. The maximum absolute atomic E-state index is 6.00. The van der Waals surface area contributed by atoms with Gasteiger partial charge in [0.25, 0.3) is 0 Å². The minimum Gasteiger partial charge on any atom is -0.397 e. The summed E-state index contributed by atoms with van der Waals surface area (Å²) in [5, 5.41) is 0. The zero-order valence-electron chi connectivity index (χ0n) is 8.75. The third kappa shape index (κ3) is 1.48. The highest BCUT2D eigenvalue weighted by molar-refractivity contribution is 5.70. The molecule has 1 aromatic carbocycles. The zero-order chi connectivity index (χ0) is 10.1. The van der Waals surface area contributed by atoms with Gasteiger partial charge in [0.15, 0.2) is 0 Å². The SMILES string of the molecule is Cc1cc(N)c(N2CC=CC2)cc1C. The Bertz CT molecular complexity index is 372. The summed E-state index contributed by atoms with van der Waals surface area (Å²) < 4.78 is 0. The van der Waals surface area contributed by atoms with Crippen LogP contribution in [0.1, 0.15) is 11.1 Å². The normalized spacial score (nSPS) is 15.1. The maximum Gasteiger partial charge on any atom is 0.0608 e. The molecule has 1 aliphatic heterocycles. The van der Waals surface area contributed by atoms with E-state index in [1.165, 1.54) is 11.1 Å². The lowest BCUT2D eigenvalue weighted by Gasteiger charge is -2.21. The number of aryl methyl sites for hydroxylation is 2. The summed E-state index contributed by atoms with van der Waals surface area (Å²) in [6.07, 6.45) is 4.35. The van der Waals surface area contributed by atoms with Gasteiger partial charge in [-0.25, -0.2) is 0 Å². The lowest BCUT2D eigenvalue weighted by Crippen LogP contribution is -2.20. The van der Waals surface area contributed by atoms with E-state index in [1.54, 1.807) is 0 Å². The standard InChI is InChI=1S/C12H16N2/c1-9-7-11(13)12(8-10(9)2)14-5-3-4-6-14/h3-4,7-8H,5-6,13H2,1-2H3. The van der Waals surface area contributed by atoms with Gasteiger partial charge in [0.1, 0.15) is 0 Å². The van der Waals surface area contributed by atoms with Gasteiger partial charge in [0.2, 0.25) is 0 Å². The minimum absolute atomic E-state index is 0.886. The highest BCUT2D eigenvalue weighted by Crippen LogP contribution is 2.27. The van der Waals surface area contributed by atoms with Gasteiger partial charge < -0.3 is 10.6 Å². The predicted octanol–water partition coefficient (Wildman–Crippen LogP) is 2.26. The molecular weight excluding hydrogens is 172 g/mol. The molecule has 0 bridgehead atoms. The lowest BCUT2D eigenvalue weighted by molar-refractivity contribution is 1.01. The predicted molar refractivity (Wildman–Crippen MR) is 61.7 cm³/mol. The van der Waals surface area contributed by atoms with E-state index in [-0.39, 0.29) is 0 Å². The van der Waals surface area contributed by atoms with Crippen LogP contribution in [0.5, 0.6) is 0 Å². The average Bonchev–Trinajstić information content (AvgIpc) is 2.64. The van der Waals surface area contributed by atoms with E-state index in [0.717, 1.165) is 24.5 Å². The van der Waals surface area contributed by atoms with Crippen LogP contribution in [-0.2, 0) is 0 Å². The second-order valence-electron chi connectivity index (χ2n) is 3.87. The largest absolute Gasteiger partial charge is 0.397 e. The quantitative estimate of drug-likeness (QED) is 0.541. The van der Waals surface area contributed by atoms with Crippen molar-refractivity contribution in [1.29, 1.82) is 0 Å². The van der Waals surface area contributed by atoms with Crippen molar-refractivity contribution in [2.45, 2.75) is 13.8 Å². The highest BCUT2D eigenvalue weighted by atomic mass is 15.1. The molecule has 14 heavy (non-hydrogen) atoms. The van der Waals surface area contributed by atoms with Gasteiger partial charge in [-0.3, -0.25) is 0 Å². The van der Waals surface area contributed by atoms with E-state index in [4.69, 9.17) is 5.73 Å². The third-order valence-corrected chi connectivity index (χ3v) is 2.80. The first-order valence-corrected chi connectivity index (χ1v) is 4.95. The molecule has 2 N–H and O–H groups in total. The Morgan fingerprint density at radius 3 is 2.29 bits per heavy atom. The molecule has 74 valence electrons. The van der Waals surface area contributed by atoms with Crippen LogP contribution in [-0.4, -0.2) is 13.1 Å². The van der Waals surface area contributed by atoms with E-state index in [1.807, 2.05) is 0 Å². The molecule has 1 aliphatic rings. The summed E-state index contributed by atoms with van der Waals surface area (Å²) >= 11 is 0. The van der Waals surface area contributed by atoms with Gasteiger partial charge in [0, 0.05) is 13.1 Å². The third-order valence-electron chi connectivity index (χ3n) is 2.80. The summed E-state index contributed by atoms with van der Waals surface area (Å²) in [5.74, 6) is 0. The number of nitrogens with two attached hydrogens (primary N) is 1. The van der Waals surface area contributed by atoms with Crippen molar-refractivity contribution in [2.24, 2.45) is 0 Å². The highest BCUT2D eigenvalue weighted by Gasteiger charge is 2.11. The number of nitrogens with zero attached hydrogens (tertiary/aromatic N) is 1.